The van der Waals surface area contributed by atoms with Crippen LogP contribution in [0.15, 0.2) is 29.6 Å². The molecule has 2 N–H and O–H groups in total. The molecule has 4 rings (SSSR count). The highest BCUT2D eigenvalue weighted by Crippen LogP contribution is 2.40. The number of fused-ring (bicyclic) bond motifs is 1. The van der Waals surface area contributed by atoms with E-state index in [0.717, 1.165) is 17.5 Å². The normalized spacial score (nSPS) is 23.0. The third kappa shape index (κ3) is 4.01. The molecule has 1 aliphatic rings. The molecule has 0 spiro atoms. The van der Waals surface area contributed by atoms with Crippen LogP contribution in [0.3, 0.4) is 0 Å². The second-order valence-electron chi connectivity index (χ2n) is 6.78. The summed E-state index contributed by atoms with van der Waals surface area (Å²) in [5.41, 5.74) is 1.87. The van der Waals surface area contributed by atoms with Crippen LogP contribution in [0.4, 0.5) is 0 Å². The third-order valence-electron chi connectivity index (χ3n) is 4.88. The zero-order valence-corrected chi connectivity index (χ0v) is 17.2. The second kappa shape index (κ2) is 8.07. The van der Waals surface area contributed by atoms with E-state index in [9.17, 15) is 10.2 Å². The first-order valence-corrected chi connectivity index (χ1v) is 10.9. The van der Waals surface area contributed by atoms with Gasteiger partial charge in [0, 0.05) is 44.1 Å². The standard InChI is InChI=1S/C20H21ClO4S2/c1-24-17-9-16(21)11(4-14-8-20-19(27-14)2-3-26-20)5-15(17)18-7-12(23)6-13(10-22)25-18/h2-3,5,8-9,12-13,18,22-23H,4,6-7,10H2,1H3. The first kappa shape index (κ1) is 19.2. The maximum Gasteiger partial charge on any atom is 0.126 e. The Kier molecular flexibility index (Phi) is 5.73. The van der Waals surface area contributed by atoms with Crippen molar-refractivity contribution in [3.8, 4) is 5.75 Å². The fraction of sp³-hybridized carbons (Fsp3) is 0.400. The Morgan fingerprint density at radius 2 is 2.11 bits per heavy atom. The van der Waals surface area contributed by atoms with Crippen molar-refractivity contribution in [1.82, 2.24) is 0 Å². The Morgan fingerprint density at radius 3 is 2.85 bits per heavy atom. The number of ether oxygens (including phenoxy) is 2. The molecule has 2 aromatic heterocycles. The van der Waals surface area contributed by atoms with E-state index in [1.165, 1.54) is 14.3 Å². The molecule has 0 bridgehead atoms. The van der Waals surface area contributed by atoms with Gasteiger partial charge in [0.15, 0.2) is 0 Å². The molecule has 4 nitrogen and oxygen atoms in total. The van der Waals surface area contributed by atoms with Crippen molar-refractivity contribution in [2.24, 2.45) is 0 Å². The predicted octanol–water partition coefficient (Wildman–Crippen LogP) is 4.79. The van der Waals surface area contributed by atoms with E-state index in [2.05, 4.69) is 17.5 Å². The van der Waals surface area contributed by atoms with Gasteiger partial charge in [-0.2, -0.15) is 0 Å². The molecule has 0 radical (unpaired) electrons. The van der Waals surface area contributed by atoms with Crippen LogP contribution >= 0.6 is 34.3 Å². The highest BCUT2D eigenvalue weighted by atomic mass is 35.5. The zero-order valence-electron chi connectivity index (χ0n) is 14.9. The fourth-order valence-corrected chi connectivity index (χ4v) is 5.96. The van der Waals surface area contributed by atoms with E-state index in [-0.39, 0.29) is 18.8 Å². The first-order chi connectivity index (χ1) is 13.1. The van der Waals surface area contributed by atoms with Gasteiger partial charge in [0.05, 0.1) is 32.0 Å². The average molecular weight is 425 g/mol. The zero-order chi connectivity index (χ0) is 19.0. The quantitative estimate of drug-likeness (QED) is 0.618. The van der Waals surface area contributed by atoms with Crippen LogP contribution in [0.5, 0.6) is 5.75 Å². The molecule has 1 aromatic carbocycles. The van der Waals surface area contributed by atoms with E-state index in [1.54, 1.807) is 29.8 Å². The van der Waals surface area contributed by atoms with Gasteiger partial charge >= 0.3 is 0 Å². The van der Waals surface area contributed by atoms with Crippen LogP contribution < -0.4 is 4.74 Å². The molecule has 1 aliphatic heterocycles. The largest absolute Gasteiger partial charge is 0.496 e. The van der Waals surface area contributed by atoms with Gasteiger partial charge in [-0.3, -0.25) is 0 Å². The number of thiophene rings is 2. The minimum absolute atomic E-state index is 0.109. The number of hydrogen-bond acceptors (Lipinski definition) is 6. The smallest absolute Gasteiger partial charge is 0.126 e. The van der Waals surface area contributed by atoms with Crippen molar-refractivity contribution in [3.63, 3.8) is 0 Å². The molecular weight excluding hydrogens is 404 g/mol. The minimum atomic E-state index is -0.506. The Bertz CT molecular complexity index is 907. The van der Waals surface area contributed by atoms with Crippen molar-refractivity contribution >= 4 is 43.7 Å². The summed E-state index contributed by atoms with van der Waals surface area (Å²) in [6, 6.07) is 8.20. The van der Waals surface area contributed by atoms with Crippen molar-refractivity contribution in [1.29, 1.82) is 0 Å². The predicted molar refractivity (Wildman–Crippen MR) is 110 cm³/mol. The van der Waals surface area contributed by atoms with Crippen LogP contribution in [0.1, 0.15) is 34.9 Å². The number of aliphatic hydroxyl groups is 2. The van der Waals surface area contributed by atoms with E-state index in [1.807, 2.05) is 12.1 Å². The molecular formula is C20H21ClO4S2. The van der Waals surface area contributed by atoms with Gasteiger partial charge in [-0.05, 0) is 35.2 Å². The molecule has 1 fully saturated rings. The molecule has 3 atom stereocenters. The SMILES string of the molecule is COc1cc(Cl)c(Cc2cc3sccc3s2)cc1C1CC(O)CC(CO)O1. The molecule has 1 saturated heterocycles. The van der Waals surface area contributed by atoms with Crippen LogP contribution in [0.2, 0.25) is 5.02 Å². The number of aliphatic hydroxyl groups excluding tert-OH is 2. The topological polar surface area (TPSA) is 58.9 Å². The number of benzene rings is 1. The van der Waals surface area contributed by atoms with E-state index >= 15 is 0 Å². The highest BCUT2D eigenvalue weighted by molar-refractivity contribution is 7.26. The Hall–Kier alpha value is -1.15. The van der Waals surface area contributed by atoms with Crippen LogP contribution in [0.25, 0.3) is 9.40 Å². The van der Waals surface area contributed by atoms with E-state index < -0.39 is 6.10 Å². The lowest BCUT2D eigenvalue weighted by molar-refractivity contribution is -0.114. The summed E-state index contributed by atoms with van der Waals surface area (Å²) >= 11 is 10.0. The summed E-state index contributed by atoms with van der Waals surface area (Å²) in [5, 5.41) is 22.4. The monoisotopic (exact) mass is 424 g/mol. The van der Waals surface area contributed by atoms with E-state index in [0.29, 0.717) is 23.6 Å². The maximum atomic E-state index is 10.2. The fourth-order valence-electron chi connectivity index (χ4n) is 3.58. The highest BCUT2D eigenvalue weighted by Gasteiger charge is 2.31. The summed E-state index contributed by atoms with van der Waals surface area (Å²) in [7, 11) is 1.60. The summed E-state index contributed by atoms with van der Waals surface area (Å²) in [5.74, 6) is 0.645. The van der Waals surface area contributed by atoms with Gasteiger partial charge in [-0.25, -0.2) is 0 Å². The summed E-state index contributed by atoms with van der Waals surface area (Å²) in [4.78, 5) is 1.26. The van der Waals surface area contributed by atoms with Gasteiger partial charge in [0.1, 0.15) is 5.75 Å². The van der Waals surface area contributed by atoms with Crippen molar-refractivity contribution in [3.05, 3.63) is 50.7 Å². The maximum absolute atomic E-state index is 10.2. The molecule has 0 amide bonds. The van der Waals surface area contributed by atoms with Gasteiger partial charge in [-0.15, -0.1) is 22.7 Å². The lowest BCUT2D eigenvalue weighted by Crippen LogP contribution is -2.33. The Labute approximate surface area is 170 Å². The number of hydrogen-bond donors (Lipinski definition) is 2. The summed E-state index contributed by atoms with van der Waals surface area (Å²) < 4.78 is 14.1. The molecule has 27 heavy (non-hydrogen) atoms. The van der Waals surface area contributed by atoms with Crippen molar-refractivity contribution < 1.29 is 19.7 Å². The molecule has 144 valence electrons. The molecule has 3 aromatic rings. The van der Waals surface area contributed by atoms with Crippen LogP contribution in [0, 0.1) is 0 Å². The van der Waals surface area contributed by atoms with E-state index in [4.69, 9.17) is 21.1 Å². The van der Waals surface area contributed by atoms with Crippen LogP contribution in [-0.4, -0.2) is 36.1 Å². The van der Waals surface area contributed by atoms with Gasteiger partial charge in [0.2, 0.25) is 0 Å². The summed E-state index contributed by atoms with van der Waals surface area (Å²) in [6.07, 6.45) is 0.453. The molecule has 0 aliphatic carbocycles. The lowest BCUT2D eigenvalue weighted by Gasteiger charge is -2.33. The first-order valence-electron chi connectivity index (χ1n) is 8.84. The number of rotatable bonds is 5. The van der Waals surface area contributed by atoms with Crippen LogP contribution in [-0.2, 0) is 11.2 Å². The van der Waals surface area contributed by atoms with Gasteiger partial charge in [-0.1, -0.05) is 11.6 Å². The summed E-state index contributed by atoms with van der Waals surface area (Å²) in [6.45, 7) is -0.109. The molecule has 3 heterocycles. The van der Waals surface area contributed by atoms with Gasteiger partial charge < -0.3 is 19.7 Å². The minimum Gasteiger partial charge on any atom is -0.496 e. The second-order valence-corrected chi connectivity index (χ2v) is 9.30. The Morgan fingerprint density at radius 1 is 1.26 bits per heavy atom. The Balaban J connectivity index is 1.66. The lowest BCUT2D eigenvalue weighted by atomic mass is 9.94. The van der Waals surface area contributed by atoms with Crippen molar-refractivity contribution in [2.45, 2.75) is 37.6 Å². The average Bonchev–Trinajstić information content (AvgIpc) is 3.24. The molecule has 0 saturated carbocycles. The van der Waals surface area contributed by atoms with Crippen molar-refractivity contribution in [2.75, 3.05) is 13.7 Å². The molecule has 7 heteroatoms. The third-order valence-corrected chi connectivity index (χ3v) is 7.33. The number of methoxy groups -OCH3 is 1. The molecule has 3 unspecified atom stereocenters. The number of halogens is 1. The van der Waals surface area contributed by atoms with Gasteiger partial charge in [0.25, 0.3) is 0 Å².